The van der Waals surface area contributed by atoms with E-state index in [1.54, 1.807) is 0 Å². The molecule has 0 N–H and O–H groups in total. The number of rotatable bonds is 9. The molecule has 1 aliphatic carbocycles. The van der Waals surface area contributed by atoms with E-state index >= 15 is 0 Å². The molecule has 1 saturated carbocycles. The van der Waals surface area contributed by atoms with E-state index in [2.05, 4.69) is 70.7 Å². The van der Waals surface area contributed by atoms with Crippen molar-refractivity contribution in [3.8, 4) is 0 Å². The van der Waals surface area contributed by atoms with E-state index in [1.807, 2.05) is 0 Å². The topological polar surface area (TPSA) is 49.7 Å². The van der Waals surface area contributed by atoms with Crippen molar-refractivity contribution in [2.24, 2.45) is 31.6 Å². The zero-order valence-corrected chi connectivity index (χ0v) is 23.2. The number of hydrogen-bond donors (Lipinski definition) is 0. The quantitative estimate of drug-likeness (QED) is 0.462. The van der Waals surface area contributed by atoms with Crippen molar-refractivity contribution < 1.29 is 9.47 Å². The molecule has 0 aromatic carbocycles. The zero-order valence-electron chi connectivity index (χ0n) is 23.2. The highest BCUT2D eigenvalue weighted by molar-refractivity contribution is 5.65. The Labute approximate surface area is 209 Å². The molecule has 6 heteroatoms. The first-order valence-electron chi connectivity index (χ1n) is 13.5. The van der Waals surface area contributed by atoms with E-state index in [1.165, 1.54) is 12.8 Å². The van der Waals surface area contributed by atoms with Crippen LogP contribution in [0.5, 0.6) is 0 Å². The molecule has 2 unspecified atom stereocenters. The molecule has 0 radical (unpaired) electrons. The lowest BCUT2D eigenvalue weighted by atomic mass is 9.62. The highest BCUT2D eigenvalue weighted by Crippen LogP contribution is 2.47. The summed E-state index contributed by atoms with van der Waals surface area (Å²) in [6.07, 6.45) is 7.98. The van der Waals surface area contributed by atoms with Crippen molar-refractivity contribution in [3.05, 3.63) is 0 Å². The first-order chi connectivity index (χ1) is 15.9. The van der Waals surface area contributed by atoms with Crippen LogP contribution in [0.4, 0.5) is 0 Å². The molecule has 3 rings (SSSR count). The van der Waals surface area contributed by atoms with Gasteiger partial charge in [-0.05, 0) is 30.1 Å². The summed E-state index contributed by atoms with van der Waals surface area (Å²) in [4.78, 5) is 15.2. The number of aliphatic imine (C=N–C) groups is 2. The Hall–Kier alpha value is -0.820. The maximum atomic E-state index is 5.51. The standard InChI is InChI=1S/C28H52N4O2/c1-25(2)16-24(30-20-27(5,6)23-32-10-14-34-15-11-32)17-28(7,18-25)21-29-19-26(3,4)22-31-8-12-33-13-9-31/h19-20,24H,8-18,21-23H2,1-7H3. The first kappa shape index (κ1) is 27.8. The fourth-order valence-electron chi connectivity index (χ4n) is 6.38. The molecular formula is C28H52N4O2. The molecule has 34 heavy (non-hydrogen) atoms. The highest BCUT2D eigenvalue weighted by atomic mass is 16.5. The number of hydrogen-bond acceptors (Lipinski definition) is 6. The van der Waals surface area contributed by atoms with Crippen LogP contribution in [0.3, 0.4) is 0 Å². The van der Waals surface area contributed by atoms with Crippen LogP contribution in [0.1, 0.15) is 67.7 Å². The van der Waals surface area contributed by atoms with Crippen molar-refractivity contribution >= 4 is 12.4 Å². The Balaban J connectivity index is 1.57. The van der Waals surface area contributed by atoms with Crippen molar-refractivity contribution in [2.75, 3.05) is 72.2 Å². The van der Waals surface area contributed by atoms with Gasteiger partial charge >= 0.3 is 0 Å². The zero-order chi connectivity index (χ0) is 24.9. The summed E-state index contributed by atoms with van der Waals surface area (Å²) in [7, 11) is 0. The van der Waals surface area contributed by atoms with Crippen LogP contribution in [0.2, 0.25) is 0 Å². The van der Waals surface area contributed by atoms with Gasteiger partial charge in [0.05, 0.1) is 32.5 Å². The minimum atomic E-state index is 0.0804. The van der Waals surface area contributed by atoms with Gasteiger partial charge in [-0.1, -0.05) is 48.5 Å². The van der Waals surface area contributed by atoms with Gasteiger partial charge in [0.1, 0.15) is 0 Å². The number of ether oxygens (including phenoxy) is 2. The smallest absolute Gasteiger partial charge is 0.0594 e. The largest absolute Gasteiger partial charge is 0.379 e. The second-order valence-corrected chi connectivity index (χ2v) is 13.7. The summed E-state index contributed by atoms with van der Waals surface area (Å²) in [5, 5.41) is 0. The Morgan fingerprint density at radius 2 is 1.29 bits per heavy atom. The van der Waals surface area contributed by atoms with Crippen LogP contribution >= 0.6 is 0 Å². The van der Waals surface area contributed by atoms with Gasteiger partial charge in [0.25, 0.3) is 0 Å². The minimum Gasteiger partial charge on any atom is -0.379 e. The third-order valence-corrected chi connectivity index (χ3v) is 7.44. The fraction of sp³-hybridized carbons (Fsp3) is 0.929. The van der Waals surface area contributed by atoms with E-state index < -0.39 is 0 Å². The SMILES string of the molecule is CC(C)(C=NCC1(C)CC(N=CC(C)(C)CN2CCOCC2)CC(C)(C)C1)CN1CCOCC1. The van der Waals surface area contributed by atoms with E-state index in [4.69, 9.17) is 19.5 Å². The second kappa shape index (κ2) is 11.5. The maximum absolute atomic E-state index is 5.51. The van der Waals surface area contributed by atoms with Crippen LogP contribution in [-0.2, 0) is 9.47 Å². The minimum absolute atomic E-state index is 0.0804. The molecule has 2 saturated heterocycles. The Morgan fingerprint density at radius 3 is 1.82 bits per heavy atom. The summed E-state index contributed by atoms with van der Waals surface area (Å²) in [5.41, 5.74) is 0.655. The van der Waals surface area contributed by atoms with E-state index in [-0.39, 0.29) is 16.2 Å². The Kier molecular flexibility index (Phi) is 9.38. The summed E-state index contributed by atoms with van der Waals surface area (Å²) in [6, 6.07) is 0.384. The first-order valence-corrected chi connectivity index (χ1v) is 13.5. The van der Waals surface area contributed by atoms with Gasteiger partial charge in [-0.25, -0.2) is 0 Å². The molecule has 2 heterocycles. The van der Waals surface area contributed by atoms with Gasteiger partial charge in [-0.2, -0.15) is 0 Å². The van der Waals surface area contributed by atoms with Gasteiger partial charge in [0.15, 0.2) is 0 Å². The van der Waals surface area contributed by atoms with Crippen molar-refractivity contribution in [1.82, 2.24) is 9.80 Å². The van der Waals surface area contributed by atoms with E-state index in [0.717, 1.165) is 78.7 Å². The predicted molar refractivity (Wildman–Crippen MR) is 143 cm³/mol. The number of morpholine rings is 2. The monoisotopic (exact) mass is 476 g/mol. The molecule has 196 valence electrons. The van der Waals surface area contributed by atoms with Gasteiger partial charge in [-0.15, -0.1) is 0 Å². The second-order valence-electron chi connectivity index (χ2n) is 13.7. The summed E-state index contributed by atoms with van der Waals surface area (Å²) in [6.45, 7) is 27.1. The van der Waals surface area contributed by atoms with Gasteiger partial charge < -0.3 is 9.47 Å². The molecule has 0 aromatic rings. The van der Waals surface area contributed by atoms with Gasteiger partial charge in [0.2, 0.25) is 0 Å². The van der Waals surface area contributed by atoms with Crippen LogP contribution < -0.4 is 0 Å². The van der Waals surface area contributed by atoms with Gasteiger partial charge in [0, 0.05) is 69.1 Å². The summed E-state index contributed by atoms with van der Waals surface area (Å²) < 4.78 is 11.0. The Morgan fingerprint density at radius 1 is 0.794 bits per heavy atom. The Bertz CT molecular complexity index is 691. The molecule has 6 nitrogen and oxygen atoms in total. The third kappa shape index (κ3) is 9.33. The molecule has 0 bridgehead atoms. The summed E-state index contributed by atoms with van der Waals surface area (Å²) >= 11 is 0. The van der Waals surface area contributed by atoms with Crippen molar-refractivity contribution in [2.45, 2.75) is 73.8 Å². The van der Waals surface area contributed by atoms with Crippen LogP contribution in [0.25, 0.3) is 0 Å². The molecule has 3 aliphatic rings. The normalized spacial score (nSPS) is 30.4. The molecular weight excluding hydrogens is 424 g/mol. The highest BCUT2D eigenvalue weighted by Gasteiger charge is 2.41. The van der Waals surface area contributed by atoms with Crippen molar-refractivity contribution in [1.29, 1.82) is 0 Å². The van der Waals surface area contributed by atoms with Crippen LogP contribution in [-0.4, -0.2) is 101 Å². The fourth-order valence-corrected chi connectivity index (χ4v) is 6.38. The lowest BCUT2D eigenvalue weighted by molar-refractivity contribution is 0.0287. The molecule has 0 aromatic heterocycles. The molecule has 2 atom stereocenters. The van der Waals surface area contributed by atoms with Crippen LogP contribution in [0, 0.1) is 21.7 Å². The van der Waals surface area contributed by atoms with E-state index in [9.17, 15) is 0 Å². The lowest BCUT2D eigenvalue weighted by Crippen LogP contribution is -2.43. The van der Waals surface area contributed by atoms with Crippen LogP contribution in [0.15, 0.2) is 9.98 Å². The molecule has 3 fully saturated rings. The maximum Gasteiger partial charge on any atom is 0.0594 e. The average Bonchev–Trinajstić information content (AvgIpc) is 2.71. The summed E-state index contributed by atoms with van der Waals surface area (Å²) in [5.74, 6) is 0. The molecule has 2 aliphatic heterocycles. The predicted octanol–water partition coefficient (Wildman–Crippen LogP) is 4.43. The molecule has 0 spiro atoms. The number of nitrogens with zero attached hydrogens (tertiary/aromatic N) is 4. The van der Waals surface area contributed by atoms with Gasteiger partial charge in [-0.3, -0.25) is 19.8 Å². The average molecular weight is 477 g/mol. The lowest BCUT2D eigenvalue weighted by Gasteiger charge is -2.45. The van der Waals surface area contributed by atoms with Crippen molar-refractivity contribution in [3.63, 3.8) is 0 Å². The third-order valence-electron chi connectivity index (χ3n) is 7.44. The van der Waals surface area contributed by atoms with E-state index in [0.29, 0.717) is 11.5 Å². The molecule has 0 amide bonds.